The first-order valence-electron chi connectivity index (χ1n) is 7.10. The second kappa shape index (κ2) is 6.27. The minimum atomic E-state index is -3.69. The van der Waals surface area contributed by atoms with Crippen molar-refractivity contribution in [2.45, 2.75) is 64.2 Å². The summed E-state index contributed by atoms with van der Waals surface area (Å²) in [5.41, 5.74) is 2.87. The maximum Gasteiger partial charge on any atom is 0.297 e. The molecule has 0 fully saturated rings. The summed E-state index contributed by atoms with van der Waals surface area (Å²) in [5.74, 6) is 0.626. The van der Waals surface area contributed by atoms with Crippen LogP contribution in [0.3, 0.4) is 0 Å². The summed E-state index contributed by atoms with van der Waals surface area (Å²) < 4.78 is 29.4. The fourth-order valence-electron chi connectivity index (χ4n) is 2.26. The quantitative estimate of drug-likeness (QED) is 0.757. The lowest BCUT2D eigenvalue weighted by Gasteiger charge is -2.21. The molecule has 114 valence electrons. The standard InChI is InChI=1S/C16H26O3S/c1-10(2)13-8-14(11(3)4)16(20(17,18)19-7)15(9-13)12(5)6/h8-12H,1-7H3. The molecule has 0 saturated carbocycles. The highest BCUT2D eigenvalue weighted by Gasteiger charge is 2.26. The molecular weight excluding hydrogens is 272 g/mol. The Morgan fingerprint density at radius 3 is 1.50 bits per heavy atom. The van der Waals surface area contributed by atoms with Crippen LogP contribution < -0.4 is 0 Å². The summed E-state index contributed by atoms with van der Waals surface area (Å²) in [6, 6.07) is 4.01. The lowest BCUT2D eigenvalue weighted by Crippen LogP contribution is -2.13. The molecule has 0 N–H and O–H groups in total. The first-order chi connectivity index (χ1) is 9.11. The van der Waals surface area contributed by atoms with Crippen LogP contribution in [0.25, 0.3) is 0 Å². The maximum absolute atomic E-state index is 12.3. The molecule has 1 aromatic rings. The van der Waals surface area contributed by atoms with E-state index < -0.39 is 10.1 Å². The molecule has 0 aliphatic heterocycles. The first kappa shape index (κ1) is 17.2. The lowest BCUT2D eigenvalue weighted by molar-refractivity contribution is 0.395. The van der Waals surface area contributed by atoms with Crippen LogP contribution in [0.1, 0.15) is 76.0 Å². The second-order valence-electron chi connectivity index (χ2n) is 6.11. The van der Waals surface area contributed by atoms with Crippen molar-refractivity contribution >= 4 is 10.1 Å². The van der Waals surface area contributed by atoms with Crippen LogP contribution in [0.2, 0.25) is 0 Å². The van der Waals surface area contributed by atoms with E-state index in [1.54, 1.807) is 0 Å². The van der Waals surface area contributed by atoms with Crippen molar-refractivity contribution < 1.29 is 12.6 Å². The van der Waals surface area contributed by atoms with Gasteiger partial charge in [-0.3, -0.25) is 4.18 Å². The normalized spacial score (nSPS) is 12.7. The van der Waals surface area contributed by atoms with E-state index in [0.29, 0.717) is 10.8 Å². The third kappa shape index (κ3) is 3.41. The summed E-state index contributed by atoms with van der Waals surface area (Å²) >= 11 is 0. The zero-order valence-corrected chi connectivity index (χ0v) is 14.3. The van der Waals surface area contributed by atoms with Gasteiger partial charge in [-0.15, -0.1) is 0 Å². The van der Waals surface area contributed by atoms with E-state index in [0.717, 1.165) is 11.1 Å². The van der Waals surface area contributed by atoms with Crippen molar-refractivity contribution in [3.8, 4) is 0 Å². The van der Waals surface area contributed by atoms with Crippen LogP contribution in [-0.4, -0.2) is 15.5 Å². The molecule has 0 spiro atoms. The van der Waals surface area contributed by atoms with E-state index in [4.69, 9.17) is 4.18 Å². The summed E-state index contributed by atoms with van der Waals surface area (Å²) in [6.07, 6.45) is 0. The molecule has 3 nitrogen and oxygen atoms in total. The number of benzene rings is 1. The fraction of sp³-hybridized carbons (Fsp3) is 0.625. The van der Waals surface area contributed by atoms with Crippen LogP contribution in [-0.2, 0) is 14.3 Å². The van der Waals surface area contributed by atoms with Gasteiger partial charge in [-0.1, -0.05) is 53.7 Å². The van der Waals surface area contributed by atoms with Gasteiger partial charge in [-0.25, -0.2) is 0 Å². The van der Waals surface area contributed by atoms with E-state index in [1.165, 1.54) is 12.7 Å². The number of hydrogen-bond acceptors (Lipinski definition) is 3. The molecule has 4 heteroatoms. The highest BCUT2D eigenvalue weighted by Crippen LogP contribution is 2.35. The topological polar surface area (TPSA) is 43.4 Å². The van der Waals surface area contributed by atoms with Crippen molar-refractivity contribution in [2.24, 2.45) is 0 Å². The van der Waals surface area contributed by atoms with Crippen molar-refractivity contribution in [1.82, 2.24) is 0 Å². The van der Waals surface area contributed by atoms with Gasteiger partial charge in [0.15, 0.2) is 0 Å². The molecule has 0 aromatic heterocycles. The third-order valence-corrected chi connectivity index (χ3v) is 4.96. The molecule has 1 rings (SSSR count). The Kier molecular flexibility index (Phi) is 5.39. The Labute approximate surface area is 123 Å². The number of hydrogen-bond donors (Lipinski definition) is 0. The van der Waals surface area contributed by atoms with Crippen LogP contribution in [0.15, 0.2) is 17.0 Å². The van der Waals surface area contributed by atoms with Crippen LogP contribution in [0, 0.1) is 0 Å². The molecular formula is C16H26O3S. The Morgan fingerprint density at radius 2 is 1.25 bits per heavy atom. The average Bonchev–Trinajstić information content (AvgIpc) is 2.36. The monoisotopic (exact) mass is 298 g/mol. The van der Waals surface area contributed by atoms with Crippen molar-refractivity contribution in [1.29, 1.82) is 0 Å². The highest BCUT2D eigenvalue weighted by atomic mass is 32.2. The zero-order valence-electron chi connectivity index (χ0n) is 13.5. The minimum Gasteiger partial charge on any atom is -0.270 e. The maximum atomic E-state index is 12.3. The van der Waals surface area contributed by atoms with Gasteiger partial charge in [0.05, 0.1) is 7.11 Å². The van der Waals surface area contributed by atoms with Gasteiger partial charge in [-0.05, 0) is 34.4 Å². The van der Waals surface area contributed by atoms with Gasteiger partial charge in [0, 0.05) is 0 Å². The SMILES string of the molecule is COS(=O)(=O)c1c(C(C)C)cc(C(C)C)cc1C(C)C. The van der Waals surface area contributed by atoms with Gasteiger partial charge in [0.25, 0.3) is 10.1 Å². The van der Waals surface area contributed by atoms with E-state index in [-0.39, 0.29) is 11.8 Å². The zero-order chi connectivity index (χ0) is 15.7. The van der Waals surface area contributed by atoms with Crippen molar-refractivity contribution in [2.75, 3.05) is 7.11 Å². The fourth-order valence-corrected chi connectivity index (χ4v) is 3.59. The summed E-state index contributed by atoms with van der Waals surface area (Å²) in [6.45, 7) is 12.3. The molecule has 0 saturated heterocycles. The van der Waals surface area contributed by atoms with Crippen LogP contribution >= 0.6 is 0 Å². The molecule has 0 aliphatic carbocycles. The van der Waals surface area contributed by atoms with Gasteiger partial charge in [0.2, 0.25) is 0 Å². The van der Waals surface area contributed by atoms with Gasteiger partial charge < -0.3 is 0 Å². The Bertz CT molecular complexity index is 540. The molecule has 0 radical (unpaired) electrons. The summed E-state index contributed by atoms with van der Waals surface area (Å²) in [4.78, 5) is 0.356. The Morgan fingerprint density at radius 1 is 0.850 bits per heavy atom. The van der Waals surface area contributed by atoms with Crippen LogP contribution in [0.4, 0.5) is 0 Å². The lowest BCUT2D eigenvalue weighted by atomic mass is 9.89. The van der Waals surface area contributed by atoms with E-state index in [2.05, 4.69) is 13.8 Å². The van der Waals surface area contributed by atoms with E-state index in [1.807, 2.05) is 39.8 Å². The number of rotatable bonds is 5. The molecule has 0 unspecified atom stereocenters. The van der Waals surface area contributed by atoms with Crippen LogP contribution in [0.5, 0.6) is 0 Å². The predicted octanol–water partition coefficient (Wildman–Crippen LogP) is 4.39. The Hall–Kier alpha value is -0.870. The molecule has 0 amide bonds. The van der Waals surface area contributed by atoms with E-state index >= 15 is 0 Å². The van der Waals surface area contributed by atoms with Gasteiger partial charge in [0.1, 0.15) is 4.90 Å². The summed E-state index contributed by atoms with van der Waals surface area (Å²) in [7, 11) is -2.47. The highest BCUT2D eigenvalue weighted by molar-refractivity contribution is 7.86. The predicted molar refractivity (Wildman–Crippen MR) is 82.9 cm³/mol. The van der Waals surface area contributed by atoms with Gasteiger partial charge >= 0.3 is 0 Å². The third-order valence-electron chi connectivity index (χ3n) is 3.55. The summed E-state index contributed by atoms with van der Waals surface area (Å²) in [5, 5.41) is 0. The molecule has 0 atom stereocenters. The second-order valence-corrected chi connectivity index (χ2v) is 7.76. The van der Waals surface area contributed by atoms with Crippen molar-refractivity contribution in [3.05, 3.63) is 28.8 Å². The van der Waals surface area contributed by atoms with Gasteiger partial charge in [-0.2, -0.15) is 8.42 Å². The van der Waals surface area contributed by atoms with E-state index in [9.17, 15) is 8.42 Å². The molecule has 1 aromatic carbocycles. The molecule has 0 aliphatic rings. The average molecular weight is 298 g/mol. The molecule has 20 heavy (non-hydrogen) atoms. The first-order valence-corrected chi connectivity index (χ1v) is 8.51. The molecule has 0 heterocycles. The van der Waals surface area contributed by atoms with Crippen molar-refractivity contribution in [3.63, 3.8) is 0 Å². The Balaban J connectivity index is 3.78. The minimum absolute atomic E-state index is 0.131. The largest absolute Gasteiger partial charge is 0.297 e. The smallest absolute Gasteiger partial charge is 0.270 e. The molecule has 0 bridgehead atoms.